The molecule has 0 saturated carbocycles. The van der Waals surface area contributed by atoms with Crippen molar-refractivity contribution < 1.29 is 37.7 Å². The summed E-state index contributed by atoms with van der Waals surface area (Å²) < 4.78 is 50.5. The fourth-order valence-electron chi connectivity index (χ4n) is 1.08. The number of aliphatic carboxylic acids is 1. The van der Waals surface area contributed by atoms with E-state index in [9.17, 15) is 32.6 Å². The Bertz CT molecular complexity index is 307. The van der Waals surface area contributed by atoms with Crippen LogP contribution < -0.4 is 5.11 Å². The Labute approximate surface area is 109 Å². The highest BCUT2D eigenvalue weighted by atomic mass is 79.9. The standard InChI is InChI=1S/C9H13BrF4O4/c1-7(4-15,6(17)18)5(16)2-3-8(11,12)9(10,13)14/h5,15-16H,2-4H2,1H3,(H,17,18)/p-1. The van der Waals surface area contributed by atoms with Crippen LogP contribution in [-0.2, 0) is 4.79 Å². The van der Waals surface area contributed by atoms with Gasteiger partial charge in [-0.2, -0.15) is 17.6 Å². The van der Waals surface area contributed by atoms with Crippen molar-refractivity contribution in [3.05, 3.63) is 0 Å². The Morgan fingerprint density at radius 2 is 1.83 bits per heavy atom. The molecule has 108 valence electrons. The summed E-state index contributed by atoms with van der Waals surface area (Å²) in [5, 5.41) is 28.8. The molecule has 0 rings (SSSR count). The summed E-state index contributed by atoms with van der Waals surface area (Å²) in [7, 11) is 0. The molecule has 0 fully saturated rings. The van der Waals surface area contributed by atoms with Crippen LogP contribution in [0.5, 0.6) is 0 Å². The van der Waals surface area contributed by atoms with Crippen LogP contribution in [0, 0.1) is 5.41 Å². The highest BCUT2D eigenvalue weighted by Crippen LogP contribution is 2.43. The molecular formula is C9H12BrF4O4-. The number of carboxylic acid groups (broad SMARTS) is 1. The quantitative estimate of drug-likeness (QED) is 0.522. The number of carbonyl (C=O) groups excluding carboxylic acids is 1. The van der Waals surface area contributed by atoms with E-state index in [1.807, 2.05) is 0 Å². The lowest BCUT2D eigenvalue weighted by Crippen LogP contribution is -2.51. The van der Waals surface area contributed by atoms with Gasteiger partial charge in [-0.3, -0.25) is 0 Å². The molecule has 4 nitrogen and oxygen atoms in total. The highest BCUT2D eigenvalue weighted by Gasteiger charge is 2.54. The minimum absolute atomic E-state index is 0.872. The maximum absolute atomic E-state index is 12.9. The summed E-state index contributed by atoms with van der Waals surface area (Å²) in [4.78, 5) is 6.18. The smallest absolute Gasteiger partial charge is 0.363 e. The monoisotopic (exact) mass is 339 g/mol. The second-order valence-electron chi connectivity index (χ2n) is 4.12. The van der Waals surface area contributed by atoms with Gasteiger partial charge in [-0.25, -0.2) is 0 Å². The number of aliphatic hydroxyl groups is 2. The lowest BCUT2D eigenvalue weighted by Gasteiger charge is -2.34. The van der Waals surface area contributed by atoms with Crippen LogP contribution in [0.1, 0.15) is 19.8 Å². The van der Waals surface area contributed by atoms with Gasteiger partial charge in [0.1, 0.15) is 0 Å². The van der Waals surface area contributed by atoms with Crippen LogP contribution in [-0.4, -0.2) is 39.6 Å². The molecule has 0 amide bonds. The van der Waals surface area contributed by atoms with E-state index in [2.05, 4.69) is 0 Å². The number of carbonyl (C=O) groups is 1. The molecule has 0 aliphatic rings. The molecule has 2 unspecified atom stereocenters. The maximum atomic E-state index is 12.9. The van der Waals surface area contributed by atoms with E-state index in [0.29, 0.717) is 0 Å². The summed E-state index contributed by atoms with van der Waals surface area (Å²) >= 11 is 1.50. The SMILES string of the molecule is CC(CO)(C(=O)[O-])C(O)CCC(F)(F)C(F)(F)Br. The van der Waals surface area contributed by atoms with Crippen molar-refractivity contribution in [1.29, 1.82) is 0 Å². The fraction of sp³-hybridized carbons (Fsp3) is 0.889. The largest absolute Gasteiger partial charge is 0.549 e. The number of rotatable bonds is 7. The summed E-state index contributed by atoms with van der Waals surface area (Å²) in [5.74, 6) is -6.30. The molecule has 0 bridgehead atoms. The molecule has 0 heterocycles. The first-order valence-electron chi connectivity index (χ1n) is 4.83. The van der Waals surface area contributed by atoms with Gasteiger partial charge in [0, 0.05) is 6.42 Å². The first-order chi connectivity index (χ1) is 7.88. The zero-order chi connectivity index (χ0) is 14.8. The van der Waals surface area contributed by atoms with E-state index in [1.54, 1.807) is 0 Å². The number of aliphatic hydroxyl groups excluding tert-OH is 2. The van der Waals surface area contributed by atoms with Crippen LogP contribution in [0.4, 0.5) is 17.6 Å². The molecular weight excluding hydrogens is 328 g/mol. The molecule has 0 aromatic carbocycles. The molecule has 0 aromatic rings. The van der Waals surface area contributed by atoms with Crippen LogP contribution in [0.3, 0.4) is 0 Å². The predicted molar refractivity (Wildman–Crippen MR) is 54.3 cm³/mol. The number of alkyl halides is 5. The third kappa shape index (κ3) is 3.79. The molecule has 0 aliphatic heterocycles. The summed E-state index contributed by atoms with van der Waals surface area (Å²) in [6.07, 6.45) is -4.32. The van der Waals surface area contributed by atoms with Crippen molar-refractivity contribution in [2.45, 2.75) is 36.6 Å². The third-order valence-corrected chi connectivity index (χ3v) is 3.26. The average Bonchev–Trinajstić information content (AvgIpc) is 2.22. The Morgan fingerprint density at radius 1 is 1.39 bits per heavy atom. The minimum atomic E-state index is -4.46. The van der Waals surface area contributed by atoms with E-state index in [0.717, 1.165) is 6.92 Å². The molecule has 2 N–H and O–H groups in total. The van der Waals surface area contributed by atoms with Crippen molar-refractivity contribution in [3.63, 3.8) is 0 Å². The van der Waals surface area contributed by atoms with Gasteiger partial charge < -0.3 is 20.1 Å². The van der Waals surface area contributed by atoms with Crippen molar-refractivity contribution in [1.82, 2.24) is 0 Å². The molecule has 9 heteroatoms. The van der Waals surface area contributed by atoms with Crippen LogP contribution in [0.15, 0.2) is 0 Å². The van der Waals surface area contributed by atoms with Gasteiger partial charge in [-0.15, -0.1) is 0 Å². The second-order valence-corrected chi connectivity index (χ2v) is 5.12. The van der Waals surface area contributed by atoms with E-state index in [-0.39, 0.29) is 0 Å². The maximum Gasteiger partial charge on any atom is 0.363 e. The van der Waals surface area contributed by atoms with Gasteiger partial charge in [-0.1, -0.05) is 0 Å². The van der Waals surface area contributed by atoms with Gasteiger partial charge in [-0.05, 0) is 29.3 Å². The van der Waals surface area contributed by atoms with E-state index < -0.39 is 47.7 Å². The number of carboxylic acids is 1. The zero-order valence-electron chi connectivity index (χ0n) is 9.30. The van der Waals surface area contributed by atoms with Crippen molar-refractivity contribution in [2.75, 3.05) is 6.61 Å². The Hall–Kier alpha value is -0.410. The number of halogens is 5. The second kappa shape index (κ2) is 5.70. The summed E-state index contributed by atoms with van der Waals surface area (Å²) in [5.41, 5.74) is -2.18. The van der Waals surface area contributed by atoms with E-state index in [4.69, 9.17) is 5.11 Å². The first-order valence-corrected chi connectivity index (χ1v) is 5.62. The lowest BCUT2D eigenvalue weighted by atomic mass is 9.82. The van der Waals surface area contributed by atoms with E-state index >= 15 is 0 Å². The molecule has 0 radical (unpaired) electrons. The zero-order valence-corrected chi connectivity index (χ0v) is 10.9. The van der Waals surface area contributed by atoms with Gasteiger partial charge >= 0.3 is 10.8 Å². The lowest BCUT2D eigenvalue weighted by molar-refractivity contribution is -0.324. The normalized spacial score (nSPS) is 18.2. The Kier molecular flexibility index (Phi) is 5.57. The molecule has 0 aliphatic carbocycles. The first kappa shape index (κ1) is 17.6. The Balaban J connectivity index is 4.70. The Morgan fingerprint density at radius 3 is 2.11 bits per heavy atom. The summed E-state index contributed by atoms with van der Waals surface area (Å²) in [6, 6.07) is 0. The predicted octanol–water partition coefficient (Wildman–Crippen LogP) is 0.499. The van der Waals surface area contributed by atoms with Crippen LogP contribution in [0.25, 0.3) is 0 Å². The van der Waals surface area contributed by atoms with Crippen molar-refractivity contribution in [2.24, 2.45) is 5.41 Å². The van der Waals surface area contributed by atoms with Crippen LogP contribution >= 0.6 is 15.9 Å². The van der Waals surface area contributed by atoms with Crippen LogP contribution in [0.2, 0.25) is 0 Å². The average molecular weight is 340 g/mol. The van der Waals surface area contributed by atoms with Crippen molar-refractivity contribution >= 4 is 21.9 Å². The number of hydrogen-bond acceptors (Lipinski definition) is 4. The molecule has 2 atom stereocenters. The molecule has 0 aromatic heterocycles. The molecule has 0 saturated heterocycles. The third-order valence-electron chi connectivity index (χ3n) is 2.68. The van der Waals surface area contributed by atoms with E-state index in [1.165, 1.54) is 15.9 Å². The molecule has 18 heavy (non-hydrogen) atoms. The highest BCUT2D eigenvalue weighted by molar-refractivity contribution is 9.10. The topological polar surface area (TPSA) is 80.6 Å². The van der Waals surface area contributed by atoms with Crippen molar-refractivity contribution in [3.8, 4) is 0 Å². The summed E-state index contributed by atoms with van der Waals surface area (Å²) in [6.45, 7) is -0.190. The number of hydrogen-bond donors (Lipinski definition) is 2. The fourth-order valence-corrected chi connectivity index (χ4v) is 1.28. The van der Waals surface area contributed by atoms with Gasteiger partial charge in [0.25, 0.3) is 0 Å². The van der Waals surface area contributed by atoms with Gasteiger partial charge in [0.2, 0.25) is 0 Å². The minimum Gasteiger partial charge on any atom is -0.549 e. The van der Waals surface area contributed by atoms with Gasteiger partial charge in [0.15, 0.2) is 0 Å². The van der Waals surface area contributed by atoms with Gasteiger partial charge in [0.05, 0.1) is 24.1 Å². The molecule has 0 spiro atoms.